The summed E-state index contributed by atoms with van der Waals surface area (Å²) >= 11 is 5.87. The Hall–Kier alpha value is -1.59. The van der Waals surface area contributed by atoms with E-state index in [1.165, 1.54) is 0 Å². The Morgan fingerprint density at radius 1 is 1.41 bits per heavy atom. The van der Waals surface area contributed by atoms with Gasteiger partial charge in [-0.15, -0.1) is 0 Å². The van der Waals surface area contributed by atoms with E-state index in [0.29, 0.717) is 18.0 Å². The fraction of sp³-hybridized carbons (Fsp3) is 0.500. The van der Waals surface area contributed by atoms with Gasteiger partial charge in [0.25, 0.3) is 0 Å². The molecule has 0 aliphatic carbocycles. The smallest absolute Gasteiger partial charge is 0.320 e. The highest BCUT2D eigenvalue weighted by atomic mass is 35.5. The van der Waals surface area contributed by atoms with Gasteiger partial charge in [-0.1, -0.05) is 30.7 Å². The standard InChI is InChI=1S/C16H21ClN2O3/c1-2-13(11-5-7-12(17)8-6-11)18-15(20)10-19-9-3-4-14(19)16(21)22/h5-8,13-14H,2-4,9-10H2,1H3,(H,18,20)(H,21,22)/t13-,14+/m0/s1. The normalized spacial score (nSPS) is 19.8. The zero-order chi connectivity index (χ0) is 16.1. The van der Waals surface area contributed by atoms with E-state index in [-0.39, 0.29) is 18.5 Å². The SMILES string of the molecule is CC[C@H](NC(=O)CN1CCC[C@@H]1C(=O)O)c1ccc(Cl)cc1. The van der Waals surface area contributed by atoms with Crippen molar-refractivity contribution in [1.82, 2.24) is 10.2 Å². The molecule has 5 nitrogen and oxygen atoms in total. The van der Waals surface area contributed by atoms with Crippen LogP contribution >= 0.6 is 11.6 Å². The van der Waals surface area contributed by atoms with Crippen molar-refractivity contribution in [2.45, 2.75) is 38.3 Å². The molecule has 2 rings (SSSR count). The zero-order valence-electron chi connectivity index (χ0n) is 12.6. The lowest BCUT2D eigenvalue weighted by Crippen LogP contribution is -2.43. The third kappa shape index (κ3) is 4.21. The summed E-state index contributed by atoms with van der Waals surface area (Å²) in [6.45, 7) is 2.78. The molecule has 1 fully saturated rings. The van der Waals surface area contributed by atoms with E-state index in [9.17, 15) is 9.59 Å². The molecule has 0 radical (unpaired) electrons. The maximum Gasteiger partial charge on any atom is 0.320 e. The number of benzene rings is 1. The monoisotopic (exact) mass is 324 g/mol. The number of nitrogens with one attached hydrogen (secondary N) is 1. The quantitative estimate of drug-likeness (QED) is 0.843. The van der Waals surface area contributed by atoms with Crippen LogP contribution in [-0.4, -0.2) is 41.0 Å². The Balaban J connectivity index is 1.95. The number of rotatable bonds is 6. The number of carbonyl (C=O) groups is 2. The maximum atomic E-state index is 12.2. The number of carboxylic acid groups (broad SMARTS) is 1. The van der Waals surface area contributed by atoms with Crippen molar-refractivity contribution in [3.05, 3.63) is 34.9 Å². The van der Waals surface area contributed by atoms with Gasteiger partial charge in [-0.2, -0.15) is 0 Å². The van der Waals surface area contributed by atoms with Crippen LogP contribution in [-0.2, 0) is 9.59 Å². The summed E-state index contributed by atoms with van der Waals surface area (Å²) in [5.41, 5.74) is 0.997. The Kier molecular flexibility index (Phi) is 5.80. The minimum Gasteiger partial charge on any atom is -0.480 e. The van der Waals surface area contributed by atoms with Crippen LogP contribution in [0.4, 0.5) is 0 Å². The van der Waals surface area contributed by atoms with Gasteiger partial charge in [-0.3, -0.25) is 14.5 Å². The topological polar surface area (TPSA) is 69.6 Å². The fourth-order valence-corrected chi connectivity index (χ4v) is 2.96. The molecule has 2 atom stereocenters. The van der Waals surface area contributed by atoms with Crippen LogP contribution in [0.3, 0.4) is 0 Å². The van der Waals surface area contributed by atoms with Crippen LogP contribution in [0, 0.1) is 0 Å². The lowest BCUT2D eigenvalue weighted by atomic mass is 10.0. The second kappa shape index (κ2) is 7.61. The van der Waals surface area contributed by atoms with Gasteiger partial charge >= 0.3 is 5.97 Å². The number of nitrogens with zero attached hydrogens (tertiary/aromatic N) is 1. The second-order valence-corrected chi connectivity index (χ2v) is 5.98. The lowest BCUT2D eigenvalue weighted by molar-refractivity contribution is -0.142. The highest BCUT2D eigenvalue weighted by Gasteiger charge is 2.31. The predicted octanol–water partition coefficient (Wildman–Crippen LogP) is 2.46. The van der Waals surface area contributed by atoms with E-state index in [1.54, 1.807) is 17.0 Å². The molecular formula is C16H21ClN2O3. The number of halogens is 1. The number of likely N-dealkylation sites (tertiary alicyclic amines) is 1. The largest absolute Gasteiger partial charge is 0.480 e. The number of carbonyl (C=O) groups excluding carboxylic acids is 1. The van der Waals surface area contributed by atoms with Crippen LogP contribution in [0.15, 0.2) is 24.3 Å². The van der Waals surface area contributed by atoms with Crippen molar-refractivity contribution >= 4 is 23.5 Å². The second-order valence-electron chi connectivity index (χ2n) is 5.55. The third-order valence-electron chi connectivity index (χ3n) is 4.01. The number of amides is 1. The van der Waals surface area contributed by atoms with Crippen molar-refractivity contribution in [1.29, 1.82) is 0 Å². The summed E-state index contributed by atoms with van der Waals surface area (Å²) in [5.74, 6) is -0.995. The van der Waals surface area contributed by atoms with Gasteiger partial charge in [-0.05, 0) is 43.5 Å². The van der Waals surface area contributed by atoms with Gasteiger partial charge in [-0.25, -0.2) is 0 Å². The average Bonchev–Trinajstić information content (AvgIpc) is 2.94. The Bertz CT molecular complexity index is 533. The van der Waals surface area contributed by atoms with Crippen molar-refractivity contribution in [2.24, 2.45) is 0 Å². The van der Waals surface area contributed by atoms with Crippen LogP contribution < -0.4 is 5.32 Å². The third-order valence-corrected chi connectivity index (χ3v) is 4.26. The van der Waals surface area contributed by atoms with E-state index < -0.39 is 12.0 Å². The molecule has 1 aliphatic heterocycles. The van der Waals surface area contributed by atoms with Crippen molar-refractivity contribution in [3.63, 3.8) is 0 Å². The Morgan fingerprint density at radius 2 is 2.09 bits per heavy atom. The van der Waals surface area contributed by atoms with Crippen molar-refractivity contribution in [3.8, 4) is 0 Å². The van der Waals surface area contributed by atoms with Crippen LogP contribution in [0.2, 0.25) is 5.02 Å². The molecule has 22 heavy (non-hydrogen) atoms. The minimum absolute atomic E-state index is 0.0874. The molecule has 1 amide bonds. The van der Waals surface area contributed by atoms with Gasteiger partial charge in [0.15, 0.2) is 0 Å². The van der Waals surface area contributed by atoms with Gasteiger partial charge in [0.2, 0.25) is 5.91 Å². The first-order valence-corrected chi connectivity index (χ1v) is 7.90. The van der Waals surface area contributed by atoms with Gasteiger partial charge in [0.05, 0.1) is 12.6 Å². The van der Waals surface area contributed by atoms with Gasteiger partial charge < -0.3 is 10.4 Å². The summed E-state index contributed by atoms with van der Waals surface area (Å²) < 4.78 is 0. The van der Waals surface area contributed by atoms with E-state index in [0.717, 1.165) is 18.4 Å². The minimum atomic E-state index is -0.852. The molecule has 1 saturated heterocycles. The molecule has 0 bridgehead atoms. The molecule has 1 aliphatic rings. The number of hydrogen-bond acceptors (Lipinski definition) is 3. The first kappa shape index (κ1) is 16.8. The summed E-state index contributed by atoms with van der Waals surface area (Å²) in [6.07, 6.45) is 2.19. The van der Waals surface area contributed by atoms with Crippen molar-refractivity contribution in [2.75, 3.05) is 13.1 Å². The molecule has 6 heteroatoms. The van der Waals surface area contributed by atoms with E-state index in [4.69, 9.17) is 16.7 Å². The lowest BCUT2D eigenvalue weighted by Gasteiger charge is -2.23. The van der Waals surface area contributed by atoms with Crippen molar-refractivity contribution < 1.29 is 14.7 Å². The molecule has 0 unspecified atom stereocenters. The first-order valence-electron chi connectivity index (χ1n) is 7.53. The van der Waals surface area contributed by atoms with Crippen LogP contribution in [0.1, 0.15) is 37.8 Å². The molecule has 0 spiro atoms. The Labute approximate surface area is 135 Å². The molecule has 1 aromatic rings. The van der Waals surface area contributed by atoms with Crippen LogP contribution in [0.25, 0.3) is 0 Å². The maximum absolute atomic E-state index is 12.2. The number of aliphatic carboxylic acids is 1. The number of hydrogen-bond donors (Lipinski definition) is 2. The summed E-state index contributed by atoms with van der Waals surface area (Å²) in [7, 11) is 0. The Morgan fingerprint density at radius 3 is 2.68 bits per heavy atom. The predicted molar refractivity (Wildman–Crippen MR) is 84.9 cm³/mol. The fourth-order valence-electron chi connectivity index (χ4n) is 2.84. The summed E-state index contributed by atoms with van der Waals surface area (Å²) in [5, 5.41) is 12.8. The molecule has 1 heterocycles. The summed E-state index contributed by atoms with van der Waals surface area (Å²) in [6, 6.07) is 6.76. The highest BCUT2D eigenvalue weighted by Crippen LogP contribution is 2.20. The van der Waals surface area contributed by atoms with Gasteiger partial charge in [0, 0.05) is 5.02 Å². The van der Waals surface area contributed by atoms with E-state index >= 15 is 0 Å². The molecule has 1 aromatic carbocycles. The molecule has 0 aromatic heterocycles. The van der Waals surface area contributed by atoms with Crippen LogP contribution in [0.5, 0.6) is 0 Å². The van der Waals surface area contributed by atoms with E-state index in [2.05, 4.69) is 5.32 Å². The molecule has 0 saturated carbocycles. The molecule has 2 N–H and O–H groups in total. The van der Waals surface area contributed by atoms with E-state index in [1.807, 2.05) is 19.1 Å². The highest BCUT2D eigenvalue weighted by molar-refractivity contribution is 6.30. The zero-order valence-corrected chi connectivity index (χ0v) is 13.3. The molecule has 120 valence electrons. The molecular weight excluding hydrogens is 304 g/mol. The average molecular weight is 325 g/mol. The summed E-state index contributed by atoms with van der Waals surface area (Å²) in [4.78, 5) is 25.1. The van der Waals surface area contributed by atoms with Gasteiger partial charge in [0.1, 0.15) is 6.04 Å². The first-order chi connectivity index (χ1) is 10.5. The number of carboxylic acids is 1.